The summed E-state index contributed by atoms with van der Waals surface area (Å²) in [5, 5.41) is 21.6. The van der Waals surface area contributed by atoms with E-state index in [-0.39, 0.29) is 37.3 Å². The molecule has 2 aromatic rings. The number of carbonyl (C=O) groups is 1. The predicted octanol–water partition coefficient (Wildman–Crippen LogP) is 1.30. The fourth-order valence-corrected chi connectivity index (χ4v) is 6.78. The van der Waals surface area contributed by atoms with E-state index in [1.165, 1.54) is 14.2 Å². The lowest BCUT2D eigenvalue weighted by atomic mass is 9.66. The Morgan fingerprint density at radius 1 is 0.952 bits per heavy atom. The van der Waals surface area contributed by atoms with Gasteiger partial charge in [0.1, 0.15) is 18.3 Å². The molecular formula is C29H33NO12. The van der Waals surface area contributed by atoms with Gasteiger partial charge >= 0.3 is 5.97 Å². The van der Waals surface area contributed by atoms with Gasteiger partial charge in [0.2, 0.25) is 12.5 Å². The first-order chi connectivity index (χ1) is 20.3. The third-order valence-electron chi connectivity index (χ3n) is 8.83. The molecule has 0 aromatic heterocycles. The minimum absolute atomic E-state index is 0.0501. The Hall–Kier alpha value is -3.33. The van der Waals surface area contributed by atoms with Crippen LogP contribution in [0.5, 0.6) is 28.7 Å². The maximum atomic E-state index is 13.4. The van der Waals surface area contributed by atoms with E-state index >= 15 is 0 Å². The zero-order chi connectivity index (χ0) is 29.3. The number of esters is 1. The topological polar surface area (TPSA) is 167 Å². The van der Waals surface area contributed by atoms with Crippen LogP contribution in [0, 0.1) is 11.8 Å². The van der Waals surface area contributed by atoms with Gasteiger partial charge < -0.3 is 58.6 Å². The molecular weight excluding hydrogens is 554 g/mol. The SMILES string of the molecule is COc1cc([C@@H]2c3cc4c(cc3[C@@H](O[C@@H]3O[C@@H]5CO[C@@H](C)O[C@H]5[C@H](O)[C@H]3N)[C@H]3COC(=O)[C@H]23)OCO4)cc(OC)c1O. The number of ether oxygens (including phenoxy) is 9. The lowest BCUT2D eigenvalue weighted by molar-refractivity contribution is -0.343. The van der Waals surface area contributed by atoms with Crippen molar-refractivity contribution in [3.63, 3.8) is 0 Å². The van der Waals surface area contributed by atoms with Gasteiger partial charge in [0.25, 0.3) is 0 Å². The van der Waals surface area contributed by atoms with E-state index in [2.05, 4.69) is 0 Å². The van der Waals surface area contributed by atoms with Crippen molar-refractivity contribution in [2.24, 2.45) is 17.6 Å². The molecule has 0 spiro atoms. The summed E-state index contributed by atoms with van der Waals surface area (Å²) in [5.41, 5.74) is 8.58. The fourth-order valence-electron chi connectivity index (χ4n) is 6.78. The van der Waals surface area contributed by atoms with Crippen molar-refractivity contribution < 1.29 is 57.6 Å². The van der Waals surface area contributed by atoms with Crippen molar-refractivity contribution in [2.45, 2.75) is 55.9 Å². The van der Waals surface area contributed by atoms with Crippen molar-refractivity contribution in [1.82, 2.24) is 0 Å². The molecule has 13 heteroatoms. The summed E-state index contributed by atoms with van der Waals surface area (Å²) in [5.74, 6) is -0.763. The van der Waals surface area contributed by atoms with Crippen LogP contribution in [-0.2, 0) is 28.5 Å². The number of hydrogen-bond acceptors (Lipinski definition) is 13. The number of rotatable bonds is 5. The van der Waals surface area contributed by atoms with E-state index in [1.54, 1.807) is 19.1 Å². The molecule has 4 heterocycles. The van der Waals surface area contributed by atoms with Crippen LogP contribution in [0.1, 0.15) is 35.6 Å². The standard InChI is InChI=1S/C29H33NO12/c1-11-36-9-20-27(40-11)25(32)23(30)29(41-20)42-26-14-7-17-16(38-10-39-17)6-13(14)21(22-15(26)8-37-28(22)33)12-4-18(34-2)24(31)19(5-12)35-3/h4-7,11,15,20-23,25-27,29,31-32H,8-10,30H2,1-3H3/t11-,15+,20-,21-,22+,23-,25-,26-,27-,29+/m1/s1. The van der Waals surface area contributed by atoms with Crippen LogP contribution in [-0.4, -0.2) is 87.3 Å². The Morgan fingerprint density at radius 3 is 2.33 bits per heavy atom. The highest BCUT2D eigenvalue weighted by Crippen LogP contribution is 2.57. The summed E-state index contributed by atoms with van der Waals surface area (Å²) in [6.45, 7) is 2.09. The summed E-state index contributed by atoms with van der Waals surface area (Å²) in [7, 11) is 2.88. The van der Waals surface area contributed by atoms with E-state index in [1.807, 2.05) is 12.1 Å². The van der Waals surface area contributed by atoms with Gasteiger partial charge in [-0.3, -0.25) is 4.79 Å². The summed E-state index contributed by atoms with van der Waals surface area (Å²) >= 11 is 0. The predicted molar refractivity (Wildman–Crippen MR) is 140 cm³/mol. The van der Waals surface area contributed by atoms with Gasteiger partial charge in [-0.25, -0.2) is 0 Å². The normalized spacial score (nSPS) is 36.5. The molecule has 0 radical (unpaired) electrons. The Labute approximate surface area is 241 Å². The molecule has 0 saturated carbocycles. The Balaban J connectivity index is 1.32. The number of carbonyl (C=O) groups excluding carboxylic acids is 1. The Bertz CT molecular complexity index is 1360. The molecule has 10 atom stereocenters. The molecule has 2 aromatic carbocycles. The molecule has 226 valence electrons. The monoisotopic (exact) mass is 587 g/mol. The molecule has 3 fully saturated rings. The second-order valence-corrected chi connectivity index (χ2v) is 11.1. The molecule has 4 aliphatic heterocycles. The van der Waals surface area contributed by atoms with E-state index < -0.39 is 66.8 Å². The summed E-state index contributed by atoms with van der Waals surface area (Å²) in [6.07, 6.45) is -4.58. The first-order valence-corrected chi connectivity index (χ1v) is 13.9. The largest absolute Gasteiger partial charge is 0.502 e. The average Bonchev–Trinajstić information content (AvgIpc) is 3.61. The first kappa shape index (κ1) is 27.5. The zero-order valence-corrected chi connectivity index (χ0v) is 23.3. The van der Waals surface area contributed by atoms with Crippen LogP contribution in [0.2, 0.25) is 0 Å². The Morgan fingerprint density at radius 2 is 1.64 bits per heavy atom. The quantitative estimate of drug-likeness (QED) is 0.429. The number of fused-ring (bicyclic) bond motifs is 4. The minimum atomic E-state index is -1.07. The number of methoxy groups -OCH3 is 2. The van der Waals surface area contributed by atoms with Gasteiger partial charge in [-0.1, -0.05) is 0 Å². The van der Waals surface area contributed by atoms with Crippen molar-refractivity contribution >= 4 is 5.97 Å². The number of cyclic esters (lactones) is 1. The maximum Gasteiger partial charge on any atom is 0.310 e. The fraction of sp³-hybridized carbons (Fsp3) is 0.552. The molecule has 5 aliphatic rings. The van der Waals surface area contributed by atoms with Crippen LogP contribution >= 0.6 is 0 Å². The third kappa shape index (κ3) is 4.26. The van der Waals surface area contributed by atoms with Crippen molar-refractivity contribution in [3.8, 4) is 28.7 Å². The molecule has 0 bridgehead atoms. The maximum absolute atomic E-state index is 13.4. The highest BCUT2D eigenvalue weighted by Gasteiger charge is 2.55. The second-order valence-electron chi connectivity index (χ2n) is 11.1. The van der Waals surface area contributed by atoms with Crippen LogP contribution in [0.3, 0.4) is 0 Å². The van der Waals surface area contributed by atoms with Crippen LogP contribution in [0.15, 0.2) is 24.3 Å². The first-order valence-electron chi connectivity index (χ1n) is 13.9. The average molecular weight is 588 g/mol. The van der Waals surface area contributed by atoms with Gasteiger partial charge in [0.05, 0.1) is 45.5 Å². The highest BCUT2D eigenvalue weighted by atomic mass is 16.7. The number of nitrogens with two attached hydrogens (primary N) is 1. The smallest absolute Gasteiger partial charge is 0.310 e. The molecule has 42 heavy (non-hydrogen) atoms. The summed E-state index contributed by atoms with van der Waals surface area (Å²) in [6, 6.07) is 6.10. The van der Waals surface area contributed by atoms with Gasteiger partial charge in [0, 0.05) is 11.8 Å². The molecule has 4 N–H and O–H groups in total. The van der Waals surface area contributed by atoms with Crippen molar-refractivity contribution in [1.29, 1.82) is 0 Å². The van der Waals surface area contributed by atoms with E-state index in [0.717, 1.165) is 11.1 Å². The third-order valence-corrected chi connectivity index (χ3v) is 8.83. The number of phenolic OH excluding ortho intramolecular Hbond substituents is 1. The van der Waals surface area contributed by atoms with Crippen LogP contribution < -0.4 is 24.7 Å². The zero-order valence-electron chi connectivity index (χ0n) is 23.3. The second kappa shape index (κ2) is 10.4. The number of benzene rings is 2. The molecule has 0 unspecified atom stereocenters. The molecule has 3 saturated heterocycles. The number of hydrogen-bond donors (Lipinski definition) is 3. The van der Waals surface area contributed by atoms with Gasteiger partial charge in [-0.2, -0.15) is 0 Å². The van der Waals surface area contributed by atoms with Crippen LogP contribution in [0.25, 0.3) is 0 Å². The summed E-state index contributed by atoms with van der Waals surface area (Å²) < 4.78 is 52.0. The number of aromatic hydroxyl groups is 1. The summed E-state index contributed by atoms with van der Waals surface area (Å²) in [4.78, 5) is 13.4. The lowest BCUT2D eigenvalue weighted by Gasteiger charge is -2.48. The Kier molecular flexibility index (Phi) is 6.83. The lowest BCUT2D eigenvalue weighted by Crippen LogP contribution is -2.65. The molecule has 0 amide bonds. The molecule has 1 aliphatic carbocycles. The van der Waals surface area contributed by atoms with Gasteiger partial charge in [-0.05, 0) is 47.9 Å². The number of phenols is 1. The van der Waals surface area contributed by atoms with Crippen molar-refractivity contribution in [3.05, 3.63) is 41.0 Å². The highest BCUT2D eigenvalue weighted by molar-refractivity contribution is 5.79. The molecule has 7 rings (SSSR count). The van der Waals surface area contributed by atoms with Crippen molar-refractivity contribution in [2.75, 3.05) is 34.2 Å². The van der Waals surface area contributed by atoms with Crippen LogP contribution in [0.4, 0.5) is 0 Å². The van der Waals surface area contributed by atoms with E-state index in [0.29, 0.717) is 17.1 Å². The van der Waals surface area contributed by atoms with E-state index in [4.69, 9.17) is 48.4 Å². The number of aliphatic hydroxyl groups is 1. The molecule has 13 nitrogen and oxygen atoms in total. The minimum Gasteiger partial charge on any atom is -0.502 e. The van der Waals surface area contributed by atoms with E-state index in [9.17, 15) is 15.0 Å². The number of aliphatic hydroxyl groups excluding tert-OH is 1. The van der Waals surface area contributed by atoms with Gasteiger partial charge in [-0.15, -0.1) is 0 Å². The van der Waals surface area contributed by atoms with Gasteiger partial charge in [0.15, 0.2) is 35.6 Å².